The van der Waals surface area contributed by atoms with Crippen LogP contribution in [0.3, 0.4) is 0 Å². The molecule has 1 radical (unpaired) electrons. The molecule has 0 aromatic carbocycles. The highest BCUT2D eigenvalue weighted by molar-refractivity contribution is 4.84. The van der Waals surface area contributed by atoms with Crippen LogP contribution >= 0.6 is 0 Å². The van der Waals surface area contributed by atoms with E-state index < -0.39 is 0 Å². The van der Waals surface area contributed by atoms with Gasteiger partial charge in [0.15, 0.2) is 0 Å². The lowest BCUT2D eigenvalue weighted by molar-refractivity contribution is 0.281. The van der Waals surface area contributed by atoms with Gasteiger partial charge in [-0.15, -0.1) is 0 Å². The molecule has 2 heteroatoms. The number of hydrogen-bond donors (Lipinski definition) is 1. The van der Waals surface area contributed by atoms with Crippen LogP contribution in [0.1, 0.15) is 25.7 Å². The summed E-state index contributed by atoms with van der Waals surface area (Å²) in [5, 5.41) is 8.09. The molecule has 2 fully saturated rings. The van der Waals surface area contributed by atoms with E-state index in [0.29, 0.717) is 0 Å². The Balaban J connectivity index is 1.93. The molecule has 0 aromatic heterocycles. The van der Waals surface area contributed by atoms with Crippen LogP contribution in [0.5, 0.6) is 0 Å². The molecule has 2 atom stereocenters. The van der Waals surface area contributed by atoms with E-state index >= 15 is 0 Å². The van der Waals surface area contributed by atoms with Gasteiger partial charge in [0.05, 0.1) is 0 Å². The van der Waals surface area contributed by atoms with Gasteiger partial charge in [-0.2, -0.15) is 0 Å². The van der Waals surface area contributed by atoms with E-state index in [1.165, 1.54) is 32.2 Å². The number of nitrogens with zero attached hydrogens (tertiary/aromatic N) is 1. The second kappa shape index (κ2) is 3.55. The third kappa shape index (κ3) is 1.74. The summed E-state index contributed by atoms with van der Waals surface area (Å²) in [6, 6.07) is 0.801. The molecule has 2 aliphatic rings. The second-order valence-electron chi connectivity index (χ2n) is 3.73. The molecule has 2 aliphatic heterocycles. The summed E-state index contributed by atoms with van der Waals surface area (Å²) in [6.07, 6.45) is 5.46. The van der Waals surface area contributed by atoms with Gasteiger partial charge in [-0.3, -0.25) is 0 Å². The van der Waals surface area contributed by atoms with Crippen molar-refractivity contribution in [3.8, 4) is 0 Å². The SMILES string of the molecule is C1CCC2C[N]CCC2NC1. The summed E-state index contributed by atoms with van der Waals surface area (Å²) in [7, 11) is 0. The Labute approximate surface area is 68.7 Å². The first-order chi connectivity index (χ1) is 5.47. The molecule has 2 nitrogen and oxygen atoms in total. The maximum atomic E-state index is 4.46. The van der Waals surface area contributed by atoms with Crippen molar-refractivity contribution in [1.82, 2.24) is 10.6 Å². The van der Waals surface area contributed by atoms with Crippen LogP contribution in [-0.2, 0) is 0 Å². The Morgan fingerprint density at radius 3 is 3.18 bits per heavy atom. The topological polar surface area (TPSA) is 26.1 Å². The van der Waals surface area contributed by atoms with Crippen molar-refractivity contribution in [2.75, 3.05) is 19.6 Å². The van der Waals surface area contributed by atoms with Crippen LogP contribution in [-0.4, -0.2) is 25.7 Å². The third-order valence-corrected chi connectivity index (χ3v) is 2.94. The fraction of sp³-hybridized carbons (Fsp3) is 1.00. The van der Waals surface area contributed by atoms with E-state index in [9.17, 15) is 0 Å². The summed E-state index contributed by atoms with van der Waals surface area (Å²) >= 11 is 0. The maximum Gasteiger partial charge on any atom is 0.0176 e. The van der Waals surface area contributed by atoms with Crippen LogP contribution in [0.4, 0.5) is 0 Å². The first-order valence-electron chi connectivity index (χ1n) is 4.83. The van der Waals surface area contributed by atoms with Gasteiger partial charge in [0.1, 0.15) is 0 Å². The van der Waals surface area contributed by atoms with E-state index in [1.807, 2.05) is 0 Å². The zero-order valence-electron chi connectivity index (χ0n) is 7.05. The third-order valence-electron chi connectivity index (χ3n) is 2.94. The normalized spacial score (nSPS) is 39.3. The van der Waals surface area contributed by atoms with Gasteiger partial charge in [0.2, 0.25) is 0 Å². The van der Waals surface area contributed by atoms with Crippen LogP contribution in [0.25, 0.3) is 0 Å². The van der Waals surface area contributed by atoms with Crippen molar-refractivity contribution in [2.45, 2.75) is 31.7 Å². The van der Waals surface area contributed by atoms with Crippen molar-refractivity contribution >= 4 is 0 Å². The fourth-order valence-electron chi connectivity index (χ4n) is 2.23. The molecule has 1 N–H and O–H groups in total. The van der Waals surface area contributed by atoms with Gasteiger partial charge in [-0.1, -0.05) is 6.42 Å². The van der Waals surface area contributed by atoms with E-state index in [1.54, 1.807) is 0 Å². The second-order valence-corrected chi connectivity index (χ2v) is 3.73. The smallest absolute Gasteiger partial charge is 0.0176 e. The molecular weight excluding hydrogens is 136 g/mol. The fourth-order valence-corrected chi connectivity index (χ4v) is 2.23. The lowest BCUT2D eigenvalue weighted by Crippen LogP contribution is -2.44. The summed E-state index contributed by atoms with van der Waals surface area (Å²) in [4.78, 5) is 0. The zero-order valence-corrected chi connectivity index (χ0v) is 7.05. The Kier molecular flexibility index (Phi) is 2.44. The molecule has 2 unspecified atom stereocenters. The predicted octanol–water partition coefficient (Wildman–Crippen LogP) is 0.753. The molecular formula is C9H17N2. The number of hydrogen-bond acceptors (Lipinski definition) is 1. The molecule has 0 aromatic rings. The minimum Gasteiger partial charge on any atom is -0.314 e. The number of fused-ring (bicyclic) bond motifs is 1. The molecule has 11 heavy (non-hydrogen) atoms. The quantitative estimate of drug-likeness (QED) is 0.546. The zero-order chi connectivity index (χ0) is 7.52. The molecule has 0 bridgehead atoms. The van der Waals surface area contributed by atoms with Crippen molar-refractivity contribution in [3.63, 3.8) is 0 Å². The van der Waals surface area contributed by atoms with E-state index in [4.69, 9.17) is 0 Å². The monoisotopic (exact) mass is 153 g/mol. The maximum absolute atomic E-state index is 4.46. The van der Waals surface area contributed by atoms with Crippen LogP contribution in [0.15, 0.2) is 0 Å². The Morgan fingerprint density at radius 1 is 1.18 bits per heavy atom. The minimum atomic E-state index is 0.801. The van der Waals surface area contributed by atoms with E-state index in [-0.39, 0.29) is 0 Å². The number of rotatable bonds is 0. The van der Waals surface area contributed by atoms with Crippen molar-refractivity contribution in [2.24, 2.45) is 5.92 Å². The molecule has 0 saturated carbocycles. The lowest BCUT2D eigenvalue weighted by atomic mass is 9.90. The standard InChI is InChI=1S/C9H17N2/c1-2-5-11-9-4-6-10-7-8(9)3-1/h8-9,11H,1-7H2. The lowest BCUT2D eigenvalue weighted by Gasteiger charge is -2.29. The largest absolute Gasteiger partial charge is 0.314 e. The number of piperidine rings is 1. The van der Waals surface area contributed by atoms with E-state index in [0.717, 1.165) is 25.0 Å². The molecule has 2 heterocycles. The van der Waals surface area contributed by atoms with E-state index in [2.05, 4.69) is 10.6 Å². The average Bonchev–Trinajstić information content (AvgIpc) is 2.28. The summed E-state index contributed by atoms with van der Waals surface area (Å²) in [5.74, 6) is 0.867. The molecule has 2 rings (SSSR count). The Hall–Kier alpha value is -0.0800. The van der Waals surface area contributed by atoms with Crippen LogP contribution in [0, 0.1) is 5.92 Å². The van der Waals surface area contributed by atoms with Gasteiger partial charge < -0.3 is 5.32 Å². The highest BCUT2D eigenvalue weighted by atomic mass is 15.0. The first kappa shape index (κ1) is 7.56. The van der Waals surface area contributed by atoms with Crippen LogP contribution in [0.2, 0.25) is 0 Å². The van der Waals surface area contributed by atoms with Crippen molar-refractivity contribution in [1.29, 1.82) is 0 Å². The molecule has 0 amide bonds. The summed E-state index contributed by atoms with van der Waals surface area (Å²) in [6.45, 7) is 3.45. The van der Waals surface area contributed by atoms with Crippen molar-refractivity contribution in [3.05, 3.63) is 0 Å². The van der Waals surface area contributed by atoms with Gasteiger partial charge in [-0.05, 0) is 31.7 Å². The Bertz CT molecular complexity index is 111. The van der Waals surface area contributed by atoms with Gasteiger partial charge in [-0.25, -0.2) is 5.32 Å². The molecule has 63 valence electrons. The summed E-state index contributed by atoms with van der Waals surface area (Å²) in [5.41, 5.74) is 0. The van der Waals surface area contributed by atoms with Crippen LogP contribution < -0.4 is 10.6 Å². The minimum absolute atomic E-state index is 0.801. The molecule has 2 saturated heterocycles. The van der Waals surface area contributed by atoms with Crippen molar-refractivity contribution < 1.29 is 0 Å². The average molecular weight is 153 g/mol. The highest BCUT2D eigenvalue weighted by Gasteiger charge is 2.25. The molecule has 0 aliphatic carbocycles. The molecule has 0 spiro atoms. The van der Waals surface area contributed by atoms with Gasteiger partial charge in [0.25, 0.3) is 0 Å². The summed E-state index contributed by atoms with van der Waals surface area (Å²) < 4.78 is 0. The van der Waals surface area contributed by atoms with Gasteiger partial charge >= 0.3 is 0 Å². The van der Waals surface area contributed by atoms with Gasteiger partial charge in [0, 0.05) is 19.1 Å². The highest BCUT2D eigenvalue weighted by Crippen LogP contribution is 2.21. The Morgan fingerprint density at radius 2 is 2.18 bits per heavy atom. The first-order valence-corrected chi connectivity index (χ1v) is 4.83. The predicted molar refractivity (Wildman–Crippen MR) is 45.6 cm³/mol. The number of nitrogens with one attached hydrogen (secondary N) is 1.